The lowest BCUT2D eigenvalue weighted by Crippen LogP contribution is -2.45. The molecule has 0 spiro atoms. The molecular weight excluding hydrogens is 224 g/mol. The normalized spacial score (nSPS) is 15.9. The van der Waals surface area contributed by atoms with Gasteiger partial charge in [0, 0.05) is 18.7 Å². The molecule has 1 saturated heterocycles. The predicted octanol–water partition coefficient (Wildman–Crippen LogP) is 1.32. The third kappa shape index (κ3) is 2.14. The van der Waals surface area contributed by atoms with Crippen molar-refractivity contribution < 1.29 is 9.53 Å². The third-order valence-corrected chi connectivity index (χ3v) is 2.70. The Bertz CT molecular complexity index is 416. The van der Waals surface area contributed by atoms with Crippen LogP contribution in [0.5, 0.6) is 5.75 Å². The Hall–Kier alpha value is -1.62. The summed E-state index contributed by atoms with van der Waals surface area (Å²) in [5.41, 5.74) is 0.932. The molecule has 16 heavy (non-hydrogen) atoms. The summed E-state index contributed by atoms with van der Waals surface area (Å²) in [7, 11) is 1.62. The number of nitrogens with zero attached hydrogens (tertiary/aromatic N) is 2. The summed E-state index contributed by atoms with van der Waals surface area (Å²) in [5.74, 6) is 0.648. The molecular formula is C11H11N2O2S. The maximum Gasteiger partial charge on any atom is 0.250 e. The quantitative estimate of drug-likeness (QED) is 0.725. The number of hydrogen-bond acceptors (Lipinski definition) is 3. The number of thiocarbonyl (C=S) groups is 1. The Labute approximate surface area is 99.2 Å². The maximum atomic E-state index is 11.0. The number of amides is 1. The van der Waals surface area contributed by atoms with Crippen molar-refractivity contribution in [2.24, 2.45) is 0 Å². The minimum Gasteiger partial charge on any atom is -0.497 e. The Morgan fingerprint density at radius 2 is 2.06 bits per heavy atom. The summed E-state index contributed by atoms with van der Waals surface area (Å²) in [5, 5.41) is 4.10. The fraction of sp³-hybridized carbons (Fsp3) is 0.273. The molecule has 1 aliphatic rings. The van der Waals surface area contributed by atoms with Gasteiger partial charge in [-0.25, -0.2) is 0 Å². The van der Waals surface area contributed by atoms with Crippen LogP contribution in [0.15, 0.2) is 24.3 Å². The highest BCUT2D eigenvalue weighted by Crippen LogP contribution is 2.21. The lowest BCUT2D eigenvalue weighted by molar-refractivity contribution is -0.120. The topological polar surface area (TPSA) is 43.6 Å². The Morgan fingerprint density at radius 1 is 1.38 bits per heavy atom. The van der Waals surface area contributed by atoms with Gasteiger partial charge in [0.25, 0.3) is 0 Å². The molecule has 1 aliphatic heterocycles. The summed E-state index contributed by atoms with van der Waals surface area (Å²) >= 11 is 5.05. The van der Waals surface area contributed by atoms with Crippen molar-refractivity contribution in [1.82, 2.24) is 5.32 Å². The van der Waals surface area contributed by atoms with Gasteiger partial charge in [-0.3, -0.25) is 4.79 Å². The molecule has 0 saturated carbocycles. The standard InChI is InChI=1S/C11H11N2O2S/c1-15-9-4-2-8(3-5-9)13-7-6-10(14)12-11(13)16/h2-5H,6-7H2,1H3. The van der Waals surface area contributed by atoms with Crippen LogP contribution in [-0.2, 0) is 4.79 Å². The monoisotopic (exact) mass is 235 g/mol. The van der Waals surface area contributed by atoms with E-state index < -0.39 is 0 Å². The van der Waals surface area contributed by atoms with Gasteiger partial charge >= 0.3 is 0 Å². The second-order valence-corrected chi connectivity index (χ2v) is 3.75. The lowest BCUT2D eigenvalue weighted by Gasteiger charge is -2.27. The molecule has 1 aromatic carbocycles. The van der Waals surface area contributed by atoms with Gasteiger partial charge in [0.2, 0.25) is 11.0 Å². The fourth-order valence-electron chi connectivity index (χ4n) is 1.53. The van der Waals surface area contributed by atoms with E-state index in [0.29, 0.717) is 18.1 Å². The first-order valence-electron chi connectivity index (χ1n) is 4.91. The molecule has 1 aromatic rings. The van der Waals surface area contributed by atoms with Crippen LogP contribution in [0.3, 0.4) is 0 Å². The zero-order valence-electron chi connectivity index (χ0n) is 8.84. The first kappa shape index (κ1) is 10.9. The third-order valence-electron chi connectivity index (χ3n) is 2.38. The molecule has 83 valence electrons. The summed E-state index contributed by atoms with van der Waals surface area (Å²) in [6, 6.07) is 7.51. The summed E-state index contributed by atoms with van der Waals surface area (Å²) in [6.45, 7) is 0.591. The second-order valence-electron chi connectivity index (χ2n) is 3.39. The van der Waals surface area contributed by atoms with Gasteiger partial charge in [0.15, 0.2) is 0 Å². The van der Waals surface area contributed by atoms with E-state index in [1.807, 2.05) is 29.2 Å². The molecule has 1 heterocycles. The molecule has 0 aromatic heterocycles. The van der Waals surface area contributed by atoms with Crippen LogP contribution in [0.2, 0.25) is 0 Å². The second kappa shape index (κ2) is 4.49. The van der Waals surface area contributed by atoms with E-state index in [9.17, 15) is 4.79 Å². The fourth-order valence-corrected chi connectivity index (χ4v) is 1.83. The van der Waals surface area contributed by atoms with Crippen molar-refractivity contribution in [3.05, 3.63) is 24.3 Å². The Morgan fingerprint density at radius 3 is 2.62 bits per heavy atom. The Balaban J connectivity index is 2.17. The van der Waals surface area contributed by atoms with Crippen LogP contribution in [0, 0.1) is 0 Å². The number of rotatable bonds is 2. The minimum atomic E-state index is -0.144. The summed E-state index contributed by atoms with van der Waals surface area (Å²) in [4.78, 5) is 12.9. The smallest absolute Gasteiger partial charge is 0.250 e. The number of methoxy groups -OCH3 is 1. The predicted molar refractivity (Wildman–Crippen MR) is 64.7 cm³/mol. The molecule has 1 radical (unpaired) electrons. The zero-order valence-corrected chi connectivity index (χ0v) is 9.66. The Kier molecular flexibility index (Phi) is 3.05. The molecule has 5 heteroatoms. The number of benzene rings is 1. The average Bonchev–Trinajstić information content (AvgIpc) is 2.29. The van der Waals surface area contributed by atoms with Gasteiger partial charge < -0.3 is 9.64 Å². The SMILES string of the molecule is COc1ccc(N2CCC(=O)[N]C2=S)cc1. The van der Waals surface area contributed by atoms with Crippen molar-refractivity contribution in [1.29, 1.82) is 0 Å². The van der Waals surface area contributed by atoms with Crippen LogP contribution in [0.25, 0.3) is 0 Å². The van der Waals surface area contributed by atoms with Crippen LogP contribution >= 0.6 is 12.2 Å². The number of carbonyl (C=O) groups is 1. The van der Waals surface area contributed by atoms with E-state index in [1.165, 1.54) is 0 Å². The van der Waals surface area contributed by atoms with Gasteiger partial charge in [-0.2, -0.15) is 5.32 Å². The molecule has 2 rings (SSSR count). The number of anilines is 1. The van der Waals surface area contributed by atoms with Crippen LogP contribution in [0.4, 0.5) is 5.69 Å². The molecule has 0 aliphatic carbocycles. The van der Waals surface area contributed by atoms with Gasteiger partial charge in [-0.05, 0) is 36.5 Å². The van der Waals surface area contributed by atoms with Crippen molar-refractivity contribution in [2.45, 2.75) is 6.42 Å². The summed E-state index contributed by atoms with van der Waals surface area (Å²) in [6.07, 6.45) is 0.409. The van der Waals surface area contributed by atoms with Gasteiger partial charge in [0.05, 0.1) is 7.11 Å². The van der Waals surface area contributed by atoms with E-state index in [-0.39, 0.29) is 5.91 Å². The molecule has 0 unspecified atom stereocenters. The van der Waals surface area contributed by atoms with Crippen molar-refractivity contribution in [2.75, 3.05) is 18.6 Å². The molecule has 1 fully saturated rings. The molecule has 4 nitrogen and oxygen atoms in total. The van der Waals surface area contributed by atoms with E-state index in [1.54, 1.807) is 7.11 Å². The first-order valence-corrected chi connectivity index (χ1v) is 5.31. The van der Waals surface area contributed by atoms with Gasteiger partial charge in [-0.1, -0.05) is 0 Å². The molecule has 0 atom stereocenters. The number of hydrogen-bond donors (Lipinski definition) is 0. The molecule has 0 bridgehead atoms. The largest absolute Gasteiger partial charge is 0.497 e. The van der Waals surface area contributed by atoms with Crippen molar-refractivity contribution in [3.8, 4) is 5.75 Å². The van der Waals surface area contributed by atoms with Crippen LogP contribution in [-0.4, -0.2) is 24.7 Å². The van der Waals surface area contributed by atoms with E-state index in [4.69, 9.17) is 17.0 Å². The highest BCUT2D eigenvalue weighted by molar-refractivity contribution is 7.80. The van der Waals surface area contributed by atoms with Gasteiger partial charge in [0.1, 0.15) is 5.75 Å². The van der Waals surface area contributed by atoms with E-state index in [2.05, 4.69) is 5.32 Å². The van der Waals surface area contributed by atoms with Crippen molar-refractivity contribution in [3.63, 3.8) is 0 Å². The zero-order chi connectivity index (χ0) is 11.5. The highest BCUT2D eigenvalue weighted by Gasteiger charge is 2.22. The average molecular weight is 235 g/mol. The van der Waals surface area contributed by atoms with E-state index >= 15 is 0 Å². The molecule has 0 N–H and O–H groups in total. The maximum absolute atomic E-state index is 11.0. The van der Waals surface area contributed by atoms with Crippen molar-refractivity contribution >= 4 is 28.9 Å². The molecule has 1 amide bonds. The minimum absolute atomic E-state index is 0.144. The lowest BCUT2D eigenvalue weighted by atomic mass is 10.2. The number of carbonyl (C=O) groups excluding carboxylic acids is 1. The summed E-state index contributed by atoms with van der Waals surface area (Å²) < 4.78 is 5.07. The van der Waals surface area contributed by atoms with Crippen LogP contribution in [0.1, 0.15) is 6.42 Å². The van der Waals surface area contributed by atoms with E-state index in [0.717, 1.165) is 11.4 Å². The van der Waals surface area contributed by atoms with Crippen LogP contribution < -0.4 is 15.0 Å². The number of ether oxygens (including phenoxy) is 1. The van der Waals surface area contributed by atoms with Gasteiger partial charge in [-0.15, -0.1) is 0 Å². The highest BCUT2D eigenvalue weighted by atomic mass is 32.1. The first-order chi connectivity index (χ1) is 7.70.